The SMILES string of the molecule is C[C@@H]([NH2+]Cc1ccc(C(=O)Nc2ccccc2)cc1)c1ccccc1. The van der Waals surface area contributed by atoms with Crippen molar-refractivity contribution in [2.24, 2.45) is 0 Å². The van der Waals surface area contributed by atoms with E-state index >= 15 is 0 Å². The number of carbonyl (C=O) groups excluding carboxylic acids is 1. The van der Waals surface area contributed by atoms with E-state index in [1.54, 1.807) is 0 Å². The third-order valence-corrected chi connectivity index (χ3v) is 4.28. The molecule has 0 saturated carbocycles. The number of benzene rings is 3. The van der Waals surface area contributed by atoms with Crippen LogP contribution in [0.25, 0.3) is 0 Å². The number of hydrogen-bond donors (Lipinski definition) is 2. The van der Waals surface area contributed by atoms with Crippen LogP contribution >= 0.6 is 0 Å². The molecule has 0 saturated heterocycles. The summed E-state index contributed by atoms with van der Waals surface area (Å²) in [5, 5.41) is 5.20. The number of para-hydroxylation sites is 1. The highest BCUT2D eigenvalue weighted by molar-refractivity contribution is 6.04. The zero-order valence-corrected chi connectivity index (χ0v) is 14.4. The zero-order chi connectivity index (χ0) is 17.5. The van der Waals surface area contributed by atoms with Crippen LogP contribution in [0.2, 0.25) is 0 Å². The summed E-state index contributed by atoms with van der Waals surface area (Å²) in [6, 6.07) is 28.2. The maximum atomic E-state index is 12.3. The molecule has 3 N–H and O–H groups in total. The number of anilines is 1. The second kappa shape index (κ2) is 8.27. The minimum atomic E-state index is -0.0839. The Hall–Kier alpha value is -2.91. The van der Waals surface area contributed by atoms with Gasteiger partial charge in [0.25, 0.3) is 5.91 Å². The molecule has 0 aliphatic rings. The molecule has 0 unspecified atom stereocenters. The Labute approximate surface area is 148 Å². The van der Waals surface area contributed by atoms with E-state index in [4.69, 9.17) is 0 Å². The number of nitrogens with one attached hydrogen (secondary N) is 1. The van der Waals surface area contributed by atoms with Crippen LogP contribution in [0.4, 0.5) is 5.69 Å². The molecule has 3 aromatic rings. The maximum Gasteiger partial charge on any atom is 0.255 e. The van der Waals surface area contributed by atoms with E-state index in [2.05, 4.69) is 41.8 Å². The predicted molar refractivity (Wildman–Crippen MR) is 101 cm³/mol. The molecule has 1 amide bonds. The Morgan fingerprint density at radius 2 is 1.48 bits per heavy atom. The Balaban J connectivity index is 1.56. The molecule has 0 aliphatic heterocycles. The lowest BCUT2D eigenvalue weighted by molar-refractivity contribution is -0.707. The zero-order valence-electron chi connectivity index (χ0n) is 14.4. The third-order valence-electron chi connectivity index (χ3n) is 4.28. The molecule has 0 bridgehead atoms. The molecular formula is C22H23N2O+. The Morgan fingerprint density at radius 3 is 2.12 bits per heavy atom. The molecule has 0 heterocycles. The summed E-state index contributed by atoms with van der Waals surface area (Å²) < 4.78 is 0. The van der Waals surface area contributed by atoms with Crippen molar-refractivity contribution < 1.29 is 10.1 Å². The van der Waals surface area contributed by atoms with Crippen LogP contribution in [0.1, 0.15) is 34.5 Å². The second-order valence-corrected chi connectivity index (χ2v) is 6.16. The van der Waals surface area contributed by atoms with Crippen molar-refractivity contribution in [3.8, 4) is 0 Å². The van der Waals surface area contributed by atoms with Gasteiger partial charge >= 0.3 is 0 Å². The van der Waals surface area contributed by atoms with Crippen molar-refractivity contribution >= 4 is 11.6 Å². The van der Waals surface area contributed by atoms with Crippen molar-refractivity contribution in [2.45, 2.75) is 19.5 Å². The minimum absolute atomic E-state index is 0.0839. The Kier molecular flexibility index (Phi) is 5.60. The molecule has 1 atom stereocenters. The first-order valence-electron chi connectivity index (χ1n) is 8.56. The third kappa shape index (κ3) is 4.78. The predicted octanol–water partition coefficient (Wildman–Crippen LogP) is 3.76. The average molecular weight is 331 g/mol. The van der Waals surface area contributed by atoms with Gasteiger partial charge in [0.2, 0.25) is 0 Å². The van der Waals surface area contributed by atoms with Gasteiger partial charge in [-0.05, 0) is 31.2 Å². The maximum absolute atomic E-state index is 12.3. The highest BCUT2D eigenvalue weighted by Gasteiger charge is 2.09. The van der Waals surface area contributed by atoms with Gasteiger partial charge in [-0.3, -0.25) is 4.79 Å². The number of quaternary nitrogens is 1. The molecule has 3 heteroatoms. The number of rotatable bonds is 6. The largest absolute Gasteiger partial charge is 0.337 e. The van der Waals surface area contributed by atoms with Gasteiger partial charge in [0.15, 0.2) is 0 Å². The van der Waals surface area contributed by atoms with Crippen molar-refractivity contribution in [2.75, 3.05) is 5.32 Å². The van der Waals surface area contributed by atoms with Gasteiger partial charge in [-0.15, -0.1) is 0 Å². The summed E-state index contributed by atoms with van der Waals surface area (Å²) in [6.45, 7) is 3.09. The summed E-state index contributed by atoms with van der Waals surface area (Å²) >= 11 is 0. The topological polar surface area (TPSA) is 45.7 Å². The molecule has 0 fully saturated rings. The average Bonchev–Trinajstić information content (AvgIpc) is 2.68. The van der Waals surface area contributed by atoms with E-state index in [0.29, 0.717) is 11.6 Å². The molecule has 25 heavy (non-hydrogen) atoms. The van der Waals surface area contributed by atoms with E-state index in [9.17, 15) is 4.79 Å². The molecule has 126 valence electrons. The molecule has 0 radical (unpaired) electrons. The van der Waals surface area contributed by atoms with Crippen LogP contribution in [-0.4, -0.2) is 5.91 Å². The first-order chi connectivity index (χ1) is 12.2. The quantitative estimate of drug-likeness (QED) is 0.710. The van der Waals surface area contributed by atoms with Gasteiger partial charge in [0.05, 0.1) is 0 Å². The van der Waals surface area contributed by atoms with Crippen molar-refractivity contribution in [3.63, 3.8) is 0 Å². The van der Waals surface area contributed by atoms with Gasteiger partial charge in [-0.2, -0.15) is 0 Å². The van der Waals surface area contributed by atoms with Crippen molar-refractivity contribution in [1.29, 1.82) is 0 Å². The summed E-state index contributed by atoms with van der Waals surface area (Å²) in [5.74, 6) is -0.0839. The van der Waals surface area contributed by atoms with Crippen LogP contribution < -0.4 is 10.6 Å². The number of carbonyl (C=O) groups is 1. The molecule has 0 spiro atoms. The molecular weight excluding hydrogens is 308 g/mol. The van der Waals surface area contributed by atoms with Crippen LogP contribution in [0.15, 0.2) is 84.9 Å². The summed E-state index contributed by atoms with van der Waals surface area (Å²) in [4.78, 5) is 12.3. The molecule has 0 aliphatic carbocycles. The molecule has 3 rings (SSSR count). The van der Waals surface area contributed by atoms with E-state index in [0.717, 1.165) is 12.2 Å². The smallest absolute Gasteiger partial charge is 0.255 e. The first-order valence-corrected chi connectivity index (χ1v) is 8.56. The Morgan fingerprint density at radius 1 is 0.880 bits per heavy atom. The van der Waals surface area contributed by atoms with Gasteiger partial charge in [-0.1, -0.05) is 60.7 Å². The highest BCUT2D eigenvalue weighted by Crippen LogP contribution is 2.10. The van der Waals surface area contributed by atoms with E-state index < -0.39 is 0 Å². The van der Waals surface area contributed by atoms with Crippen LogP contribution in [-0.2, 0) is 6.54 Å². The lowest BCUT2D eigenvalue weighted by atomic mass is 10.1. The highest BCUT2D eigenvalue weighted by atomic mass is 16.1. The van der Waals surface area contributed by atoms with Gasteiger partial charge < -0.3 is 10.6 Å². The fourth-order valence-corrected chi connectivity index (χ4v) is 2.72. The number of nitrogens with two attached hydrogens (primary N) is 1. The fraction of sp³-hybridized carbons (Fsp3) is 0.136. The summed E-state index contributed by atoms with van der Waals surface area (Å²) in [7, 11) is 0. The molecule has 3 nitrogen and oxygen atoms in total. The summed E-state index contributed by atoms with van der Waals surface area (Å²) in [5.41, 5.74) is 4.01. The van der Waals surface area contributed by atoms with Crippen LogP contribution in [0.5, 0.6) is 0 Å². The fourth-order valence-electron chi connectivity index (χ4n) is 2.72. The van der Waals surface area contributed by atoms with Crippen molar-refractivity contribution in [1.82, 2.24) is 0 Å². The van der Waals surface area contributed by atoms with Crippen LogP contribution in [0, 0.1) is 0 Å². The van der Waals surface area contributed by atoms with Crippen molar-refractivity contribution in [3.05, 3.63) is 102 Å². The monoisotopic (exact) mass is 331 g/mol. The van der Waals surface area contributed by atoms with E-state index in [1.807, 2.05) is 60.7 Å². The summed E-state index contributed by atoms with van der Waals surface area (Å²) in [6.07, 6.45) is 0. The number of amides is 1. The normalized spacial score (nSPS) is 11.7. The number of hydrogen-bond acceptors (Lipinski definition) is 1. The minimum Gasteiger partial charge on any atom is -0.337 e. The first kappa shape index (κ1) is 16.9. The lowest BCUT2D eigenvalue weighted by Crippen LogP contribution is -2.83. The molecule has 0 aromatic heterocycles. The van der Waals surface area contributed by atoms with Gasteiger partial charge in [0.1, 0.15) is 12.6 Å². The second-order valence-electron chi connectivity index (χ2n) is 6.16. The lowest BCUT2D eigenvalue weighted by Gasteiger charge is -2.11. The standard InChI is InChI=1S/C22H22N2O/c1-17(19-8-4-2-5-9-19)23-16-18-12-14-20(15-13-18)22(25)24-21-10-6-3-7-11-21/h2-15,17,23H,16H2,1H3,(H,24,25)/p+1/t17-/m1/s1. The van der Waals surface area contributed by atoms with E-state index in [-0.39, 0.29) is 5.91 Å². The van der Waals surface area contributed by atoms with Gasteiger partial charge in [0, 0.05) is 22.4 Å². The van der Waals surface area contributed by atoms with E-state index in [1.165, 1.54) is 11.1 Å². The Bertz CT molecular complexity index is 798. The van der Waals surface area contributed by atoms with Gasteiger partial charge in [-0.25, -0.2) is 0 Å². The van der Waals surface area contributed by atoms with Crippen LogP contribution in [0.3, 0.4) is 0 Å². The molecule has 3 aromatic carbocycles.